The lowest BCUT2D eigenvalue weighted by Crippen LogP contribution is -2.42. The van der Waals surface area contributed by atoms with Crippen molar-refractivity contribution in [3.05, 3.63) is 0 Å². The van der Waals surface area contributed by atoms with Gasteiger partial charge in [-0.05, 0) is 18.8 Å². The van der Waals surface area contributed by atoms with Gasteiger partial charge in [0.15, 0.2) is 11.7 Å². The van der Waals surface area contributed by atoms with E-state index in [9.17, 15) is 14.4 Å². The molecule has 150 valence electrons. The van der Waals surface area contributed by atoms with Crippen LogP contribution in [-0.4, -0.2) is 41.2 Å². The summed E-state index contributed by atoms with van der Waals surface area (Å²) in [6.07, 6.45) is 5.52. The van der Waals surface area contributed by atoms with E-state index >= 15 is 0 Å². The number of nitrogens with two attached hydrogens (primary N) is 3. The van der Waals surface area contributed by atoms with E-state index in [1.165, 1.54) is 0 Å². The van der Waals surface area contributed by atoms with Crippen molar-refractivity contribution in [1.29, 1.82) is 0 Å². The first-order valence-corrected chi connectivity index (χ1v) is 9.26. The Bertz CT molecular complexity index is 488. The van der Waals surface area contributed by atoms with Crippen molar-refractivity contribution in [3.63, 3.8) is 0 Å². The molecule has 0 spiro atoms. The fourth-order valence-corrected chi connectivity index (χ4v) is 2.86. The van der Waals surface area contributed by atoms with Crippen LogP contribution in [0.4, 0.5) is 0 Å². The summed E-state index contributed by atoms with van der Waals surface area (Å²) in [5.41, 5.74) is 16.1. The number of guanidine groups is 1. The van der Waals surface area contributed by atoms with E-state index in [2.05, 4.69) is 4.99 Å². The van der Waals surface area contributed by atoms with Crippen LogP contribution in [-0.2, 0) is 14.4 Å². The molecule has 0 amide bonds. The second kappa shape index (κ2) is 13.3. The molecule has 8 nitrogen and oxygen atoms in total. The number of carbonyl (C=O) groups excluding carboxylic acids is 2. The Labute approximate surface area is 155 Å². The van der Waals surface area contributed by atoms with Gasteiger partial charge in [0, 0.05) is 13.0 Å². The monoisotopic (exact) mass is 370 g/mol. The van der Waals surface area contributed by atoms with E-state index in [0.717, 1.165) is 38.5 Å². The van der Waals surface area contributed by atoms with Crippen molar-refractivity contribution in [1.82, 2.24) is 0 Å². The van der Waals surface area contributed by atoms with Gasteiger partial charge >= 0.3 is 5.97 Å². The molecule has 0 aromatic carbocycles. The lowest BCUT2D eigenvalue weighted by molar-refractivity contribution is -0.142. The van der Waals surface area contributed by atoms with Crippen LogP contribution >= 0.6 is 0 Å². The van der Waals surface area contributed by atoms with E-state index < -0.39 is 30.1 Å². The van der Waals surface area contributed by atoms with Gasteiger partial charge in [-0.25, -0.2) is 0 Å². The Morgan fingerprint density at radius 3 is 2.00 bits per heavy atom. The Morgan fingerprint density at radius 2 is 1.50 bits per heavy atom. The van der Waals surface area contributed by atoms with E-state index in [1.807, 2.05) is 0 Å². The average Bonchev–Trinajstić information content (AvgIpc) is 2.51. The third-order valence-corrected chi connectivity index (χ3v) is 4.21. The third-order valence-electron chi connectivity index (χ3n) is 4.21. The standard InChI is InChI=1S/C18H34N4O4/c1-12(2)16(17(26)13(19)11-15(24)25)14(23)9-7-5-3-4-6-8-10-22-18(20)21/h12-13,16H,3-11,19H2,1-2H3,(H,24,25)(H4,20,21,22)/t13-,16?/m0/s1. The quantitative estimate of drug-likeness (QED) is 0.146. The van der Waals surface area contributed by atoms with Crippen molar-refractivity contribution in [3.8, 4) is 0 Å². The Morgan fingerprint density at radius 1 is 0.962 bits per heavy atom. The lowest BCUT2D eigenvalue weighted by atomic mass is 9.82. The zero-order valence-electron chi connectivity index (χ0n) is 15.9. The number of aliphatic carboxylic acids is 1. The third kappa shape index (κ3) is 10.8. The van der Waals surface area contributed by atoms with E-state index in [-0.39, 0.29) is 17.7 Å². The molecule has 0 fully saturated rings. The maximum absolute atomic E-state index is 12.4. The molecule has 0 aromatic heterocycles. The highest BCUT2D eigenvalue weighted by Crippen LogP contribution is 2.19. The molecule has 0 aromatic rings. The number of Topliss-reactive ketones (excluding diaryl/α,β-unsaturated/α-hetero) is 2. The van der Waals surface area contributed by atoms with Gasteiger partial charge in [0.25, 0.3) is 0 Å². The van der Waals surface area contributed by atoms with Gasteiger partial charge in [-0.3, -0.25) is 19.4 Å². The van der Waals surface area contributed by atoms with Crippen LogP contribution in [0, 0.1) is 11.8 Å². The van der Waals surface area contributed by atoms with Gasteiger partial charge < -0.3 is 22.3 Å². The Hall–Kier alpha value is -1.96. The fraction of sp³-hybridized carbons (Fsp3) is 0.778. The molecule has 0 radical (unpaired) electrons. The second-order valence-corrected chi connectivity index (χ2v) is 6.97. The van der Waals surface area contributed by atoms with Crippen LogP contribution in [0.15, 0.2) is 4.99 Å². The van der Waals surface area contributed by atoms with E-state index in [1.54, 1.807) is 13.8 Å². The molecule has 2 atom stereocenters. The maximum atomic E-state index is 12.4. The summed E-state index contributed by atoms with van der Waals surface area (Å²) >= 11 is 0. The van der Waals surface area contributed by atoms with Crippen molar-refractivity contribution in [2.45, 2.75) is 71.3 Å². The zero-order chi connectivity index (χ0) is 20.1. The molecule has 0 bridgehead atoms. The summed E-state index contributed by atoms with van der Waals surface area (Å²) in [5, 5.41) is 8.76. The molecule has 0 aliphatic rings. The number of rotatable bonds is 15. The summed E-state index contributed by atoms with van der Waals surface area (Å²) in [7, 11) is 0. The van der Waals surface area contributed by atoms with Crippen molar-refractivity contribution < 1.29 is 19.5 Å². The van der Waals surface area contributed by atoms with E-state index in [4.69, 9.17) is 22.3 Å². The van der Waals surface area contributed by atoms with Gasteiger partial charge in [0.05, 0.1) is 18.4 Å². The van der Waals surface area contributed by atoms with Crippen LogP contribution in [0.1, 0.15) is 65.2 Å². The Balaban J connectivity index is 4.15. The first kappa shape index (κ1) is 24.0. The van der Waals surface area contributed by atoms with Crippen LogP contribution < -0.4 is 17.2 Å². The summed E-state index contributed by atoms with van der Waals surface area (Å²) in [6.45, 7) is 4.20. The van der Waals surface area contributed by atoms with Gasteiger partial charge in [-0.2, -0.15) is 0 Å². The fourth-order valence-electron chi connectivity index (χ4n) is 2.86. The number of unbranched alkanes of at least 4 members (excludes halogenated alkanes) is 5. The topological polar surface area (TPSA) is 162 Å². The number of carboxylic acids is 1. The van der Waals surface area contributed by atoms with Gasteiger partial charge in [-0.1, -0.05) is 39.5 Å². The SMILES string of the molecule is CC(C)C(C(=O)CCCCCCCCN=C(N)N)C(=O)[C@@H](N)CC(=O)O. The molecule has 8 heteroatoms. The molecule has 0 aliphatic carbocycles. The molecule has 7 N–H and O–H groups in total. The predicted molar refractivity (Wildman–Crippen MR) is 102 cm³/mol. The van der Waals surface area contributed by atoms with Crippen molar-refractivity contribution in [2.75, 3.05) is 6.54 Å². The number of aliphatic imine (C=N–C) groups is 1. The highest BCUT2D eigenvalue weighted by atomic mass is 16.4. The minimum Gasteiger partial charge on any atom is -0.481 e. The number of ketones is 2. The number of carbonyl (C=O) groups is 3. The van der Waals surface area contributed by atoms with Gasteiger partial charge in [0.2, 0.25) is 0 Å². The van der Waals surface area contributed by atoms with Crippen molar-refractivity contribution in [2.24, 2.45) is 34.0 Å². The lowest BCUT2D eigenvalue weighted by Gasteiger charge is -2.21. The number of carboxylic acid groups (broad SMARTS) is 1. The smallest absolute Gasteiger partial charge is 0.305 e. The normalized spacial score (nSPS) is 13.2. The summed E-state index contributed by atoms with van der Waals surface area (Å²) < 4.78 is 0. The molecular formula is C18H34N4O4. The highest BCUT2D eigenvalue weighted by molar-refractivity contribution is 6.05. The molecule has 0 rings (SSSR count). The van der Waals surface area contributed by atoms with Gasteiger partial charge in [0.1, 0.15) is 5.78 Å². The second-order valence-electron chi connectivity index (χ2n) is 6.97. The van der Waals surface area contributed by atoms with Crippen LogP contribution in [0.5, 0.6) is 0 Å². The molecule has 0 aliphatic heterocycles. The molecule has 1 unspecified atom stereocenters. The summed E-state index contributed by atoms with van der Waals surface area (Å²) in [5.74, 6) is -2.64. The molecular weight excluding hydrogens is 336 g/mol. The molecule has 0 heterocycles. The highest BCUT2D eigenvalue weighted by Gasteiger charge is 2.33. The molecule has 0 saturated heterocycles. The van der Waals surface area contributed by atoms with E-state index in [0.29, 0.717) is 13.0 Å². The Kier molecular flexibility index (Phi) is 12.3. The predicted octanol–water partition coefficient (Wildman–Crippen LogP) is 1.20. The number of hydrogen-bond donors (Lipinski definition) is 4. The number of hydrogen-bond acceptors (Lipinski definition) is 5. The van der Waals surface area contributed by atoms with Crippen LogP contribution in [0.2, 0.25) is 0 Å². The van der Waals surface area contributed by atoms with Crippen LogP contribution in [0.25, 0.3) is 0 Å². The molecule has 0 saturated carbocycles. The minimum absolute atomic E-state index is 0.112. The first-order chi connectivity index (χ1) is 12.2. The minimum atomic E-state index is -1.14. The largest absolute Gasteiger partial charge is 0.481 e. The van der Waals surface area contributed by atoms with Gasteiger partial charge in [-0.15, -0.1) is 0 Å². The van der Waals surface area contributed by atoms with Crippen LogP contribution in [0.3, 0.4) is 0 Å². The zero-order valence-corrected chi connectivity index (χ0v) is 15.9. The molecule has 26 heavy (non-hydrogen) atoms. The number of nitrogens with zero attached hydrogens (tertiary/aromatic N) is 1. The first-order valence-electron chi connectivity index (χ1n) is 9.26. The maximum Gasteiger partial charge on any atom is 0.305 e. The summed E-state index contributed by atoms with van der Waals surface area (Å²) in [6, 6.07) is -1.13. The summed E-state index contributed by atoms with van der Waals surface area (Å²) in [4.78, 5) is 39.3. The van der Waals surface area contributed by atoms with Crippen molar-refractivity contribution >= 4 is 23.5 Å². The average molecular weight is 370 g/mol.